The number of esters is 2. The number of aliphatic carboxylic acids is 1. The number of hydrogen-bond donors (Lipinski definition) is 1. The van der Waals surface area contributed by atoms with Gasteiger partial charge in [0.15, 0.2) is 0 Å². The van der Waals surface area contributed by atoms with Gasteiger partial charge in [-0.15, -0.1) is 0 Å². The number of carbonyl (C=O) groups excluding carboxylic acids is 2. The van der Waals surface area contributed by atoms with Crippen LogP contribution in [0, 0.1) is 0 Å². The van der Waals surface area contributed by atoms with E-state index >= 15 is 0 Å². The largest absolute Gasteiger partial charge is 0.494 e. The molecule has 0 heterocycles. The van der Waals surface area contributed by atoms with E-state index in [0.717, 1.165) is 12.8 Å². The lowest BCUT2D eigenvalue weighted by Crippen LogP contribution is -2.10. The molecule has 0 fully saturated rings. The lowest BCUT2D eigenvalue weighted by molar-refractivity contribution is -0.139. The first-order chi connectivity index (χ1) is 15.8. The highest BCUT2D eigenvalue weighted by Crippen LogP contribution is 2.19. The van der Waals surface area contributed by atoms with Crippen LogP contribution in [0.25, 0.3) is 6.08 Å². The van der Waals surface area contributed by atoms with Gasteiger partial charge < -0.3 is 19.3 Å². The Morgan fingerprint density at radius 1 is 0.970 bits per heavy atom. The predicted octanol–water partition coefficient (Wildman–Crippen LogP) is 5.06. The Bertz CT molecular complexity index is 1000. The number of unbranched alkanes of at least 4 members (excludes halogenated alkanes) is 1. The standard InChI is InChI=1S/C26H28O7/c1-4-5-15-31-22-12-8-20(9-13-22)26(30)33-23-10-6-19(7-11-23)17-21(24(27)28)14-16-32-25(29)18(2)3/h6-13,17H,2,4-5,14-16H2,1,3H3,(H,27,28). The molecule has 0 amide bonds. The number of ether oxygens (including phenoxy) is 3. The number of hydrogen-bond acceptors (Lipinski definition) is 6. The van der Waals surface area contributed by atoms with Gasteiger partial charge in [-0.25, -0.2) is 14.4 Å². The van der Waals surface area contributed by atoms with Crippen molar-refractivity contribution in [3.63, 3.8) is 0 Å². The molecule has 7 nitrogen and oxygen atoms in total. The van der Waals surface area contributed by atoms with Gasteiger partial charge >= 0.3 is 17.9 Å². The second-order valence-corrected chi connectivity index (χ2v) is 7.33. The van der Waals surface area contributed by atoms with Crippen LogP contribution in [0.3, 0.4) is 0 Å². The van der Waals surface area contributed by atoms with Crippen molar-refractivity contribution in [1.82, 2.24) is 0 Å². The summed E-state index contributed by atoms with van der Waals surface area (Å²) in [6, 6.07) is 13.1. The minimum absolute atomic E-state index is 0.0449. The molecule has 0 aliphatic heterocycles. The minimum Gasteiger partial charge on any atom is -0.494 e. The molecule has 2 aromatic carbocycles. The van der Waals surface area contributed by atoms with Gasteiger partial charge in [-0.3, -0.25) is 0 Å². The second kappa shape index (κ2) is 12.9. The molecule has 174 valence electrons. The third-order valence-corrected chi connectivity index (χ3v) is 4.52. The van der Waals surface area contributed by atoms with E-state index in [9.17, 15) is 19.5 Å². The van der Waals surface area contributed by atoms with Gasteiger partial charge in [0, 0.05) is 17.6 Å². The quantitative estimate of drug-likeness (QED) is 0.208. The molecule has 0 bridgehead atoms. The zero-order valence-electron chi connectivity index (χ0n) is 18.8. The highest BCUT2D eigenvalue weighted by Gasteiger charge is 2.11. The van der Waals surface area contributed by atoms with Crippen molar-refractivity contribution in [3.05, 3.63) is 77.4 Å². The first-order valence-electron chi connectivity index (χ1n) is 10.6. The Kier molecular flexibility index (Phi) is 9.89. The van der Waals surface area contributed by atoms with Crippen LogP contribution in [0.15, 0.2) is 66.3 Å². The molecule has 0 unspecified atom stereocenters. The van der Waals surface area contributed by atoms with Crippen LogP contribution in [0.1, 0.15) is 49.0 Å². The van der Waals surface area contributed by atoms with E-state index in [2.05, 4.69) is 13.5 Å². The Morgan fingerprint density at radius 2 is 1.61 bits per heavy atom. The van der Waals surface area contributed by atoms with Crippen molar-refractivity contribution < 1.29 is 33.7 Å². The molecule has 0 aliphatic rings. The maximum absolute atomic E-state index is 12.4. The molecular weight excluding hydrogens is 424 g/mol. The molecule has 2 rings (SSSR count). The Balaban J connectivity index is 1.96. The SMILES string of the molecule is C=C(C)C(=O)OCCC(=Cc1ccc(OC(=O)c2ccc(OCCCC)cc2)cc1)C(=O)O. The van der Waals surface area contributed by atoms with Crippen LogP contribution in [0.2, 0.25) is 0 Å². The van der Waals surface area contributed by atoms with E-state index in [-0.39, 0.29) is 24.2 Å². The smallest absolute Gasteiger partial charge is 0.343 e. The summed E-state index contributed by atoms with van der Waals surface area (Å²) in [6.45, 7) is 7.64. The Labute approximate surface area is 193 Å². The summed E-state index contributed by atoms with van der Waals surface area (Å²) in [5, 5.41) is 9.38. The predicted molar refractivity (Wildman–Crippen MR) is 124 cm³/mol. The third-order valence-electron chi connectivity index (χ3n) is 4.52. The van der Waals surface area contributed by atoms with Crippen molar-refractivity contribution >= 4 is 24.0 Å². The van der Waals surface area contributed by atoms with Gasteiger partial charge in [-0.2, -0.15) is 0 Å². The first-order valence-corrected chi connectivity index (χ1v) is 10.6. The molecule has 0 spiro atoms. The molecule has 33 heavy (non-hydrogen) atoms. The number of rotatable bonds is 12. The van der Waals surface area contributed by atoms with Crippen molar-refractivity contribution in [2.75, 3.05) is 13.2 Å². The zero-order chi connectivity index (χ0) is 24.2. The summed E-state index contributed by atoms with van der Waals surface area (Å²) in [6.07, 6.45) is 3.52. The molecule has 0 saturated carbocycles. The molecule has 0 saturated heterocycles. The van der Waals surface area contributed by atoms with Gasteiger partial charge in [-0.1, -0.05) is 32.1 Å². The highest BCUT2D eigenvalue weighted by atomic mass is 16.5. The van der Waals surface area contributed by atoms with E-state index < -0.39 is 17.9 Å². The normalized spacial score (nSPS) is 10.9. The van der Waals surface area contributed by atoms with E-state index in [4.69, 9.17) is 14.2 Å². The molecule has 0 radical (unpaired) electrons. The molecular formula is C26H28O7. The molecule has 1 N–H and O–H groups in total. The minimum atomic E-state index is -1.11. The summed E-state index contributed by atoms with van der Waals surface area (Å²) in [7, 11) is 0. The second-order valence-electron chi connectivity index (χ2n) is 7.33. The van der Waals surface area contributed by atoms with Gasteiger partial charge in [0.2, 0.25) is 0 Å². The maximum Gasteiger partial charge on any atom is 0.343 e. The van der Waals surface area contributed by atoms with E-state index in [0.29, 0.717) is 29.2 Å². The fourth-order valence-electron chi connectivity index (χ4n) is 2.64. The molecule has 0 atom stereocenters. The number of carboxylic acid groups (broad SMARTS) is 1. The van der Waals surface area contributed by atoms with Crippen molar-refractivity contribution in [1.29, 1.82) is 0 Å². The topological polar surface area (TPSA) is 99.1 Å². The molecule has 0 aromatic heterocycles. The highest BCUT2D eigenvalue weighted by molar-refractivity contribution is 5.93. The van der Waals surface area contributed by atoms with Crippen LogP contribution in [-0.2, 0) is 14.3 Å². The molecule has 7 heteroatoms. The summed E-state index contributed by atoms with van der Waals surface area (Å²) in [4.78, 5) is 35.2. The van der Waals surface area contributed by atoms with Gasteiger partial charge in [-0.05, 0) is 61.4 Å². The summed E-state index contributed by atoms with van der Waals surface area (Å²) in [5.74, 6) is -1.17. The summed E-state index contributed by atoms with van der Waals surface area (Å²) < 4.78 is 15.9. The van der Waals surface area contributed by atoms with E-state index in [1.807, 2.05) is 0 Å². The van der Waals surface area contributed by atoms with E-state index in [1.54, 1.807) is 48.5 Å². The van der Waals surface area contributed by atoms with E-state index in [1.165, 1.54) is 13.0 Å². The van der Waals surface area contributed by atoms with Crippen LogP contribution in [0.4, 0.5) is 0 Å². The van der Waals surface area contributed by atoms with Crippen LogP contribution in [0.5, 0.6) is 11.5 Å². The molecule has 0 aliphatic carbocycles. The fraction of sp³-hybridized carbons (Fsp3) is 0.269. The van der Waals surface area contributed by atoms with Gasteiger partial charge in [0.05, 0.1) is 18.8 Å². The Morgan fingerprint density at radius 3 is 2.18 bits per heavy atom. The van der Waals surface area contributed by atoms with Crippen molar-refractivity contribution in [2.24, 2.45) is 0 Å². The number of benzene rings is 2. The van der Waals surface area contributed by atoms with Crippen LogP contribution >= 0.6 is 0 Å². The first kappa shape index (κ1) is 25.4. The monoisotopic (exact) mass is 452 g/mol. The summed E-state index contributed by atoms with van der Waals surface area (Å²) in [5.41, 5.74) is 1.32. The lowest BCUT2D eigenvalue weighted by atomic mass is 10.1. The average Bonchev–Trinajstić information content (AvgIpc) is 2.79. The van der Waals surface area contributed by atoms with Gasteiger partial charge in [0.25, 0.3) is 0 Å². The maximum atomic E-state index is 12.4. The zero-order valence-corrected chi connectivity index (χ0v) is 18.8. The Hall–Kier alpha value is -3.87. The number of carbonyl (C=O) groups is 3. The fourth-order valence-corrected chi connectivity index (χ4v) is 2.64. The van der Waals surface area contributed by atoms with Crippen molar-refractivity contribution in [2.45, 2.75) is 33.1 Å². The third kappa shape index (κ3) is 8.65. The van der Waals surface area contributed by atoms with Crippen LogP contribution in [-0.4, -0.2) is 36.2 Å². The summed E-state index contributed by atoms with van der Waals surface area (Å²) >= 11 is 0. The van der Waals surface area contributed by atoms with Crippen LogP contribution < -0.4 is 9.47 Å². The molecule has 2 aromatic rings. The number of carboxylic acids is 1. The average molecular weight is 453 g/mol. The van der Waals surface area contributed by atoms with Crippen molar-refractivity contribution in [3.8, 4) is 11.5 Å². The lowest BCUT2D eigenvalue weighted by Gasteiger charge is -2.08. The van der Waals surface area contributed by atoms with Gasteiger partial charge in [0.1, 0.15) is 11.5 Å².